The molecule has 8 nitrogen and oxygen atoms in total. The van der Waals surface area contributed by atoms with E-state index >= 15 is 0 Å². The first kappa shape index (κ1) is 18.3. The lowest BCUT2D eigenvalue weighted by molar-refractivity contribution is 0.0945. The molecule has 1 N–H and O–H groups in total. The maximum absolute atomic E-state index is 12.5. The minimum Gasteiger partial charge on any atom is -0.494 e. The molecule has 3 heterocycles. The van der Waals surface area contributed by atoms with E-state index in [0.717, 1.165) is 17.2 Å². The Bertz CT molecular complexity index is 1310. The third kappa shape index (κ3) is 3.55. The smallest absolute Gasteiger partial charge is 0.270 e. The van der Waals surface area contributed by atoms with E-state index in [9.17, 15) is 14.4 Å². The highest BCUT2D eigenvalue weighted by molar-refractivity contribution is 5.93. The first-order valence-corrected chi connectivity index (χ1v) is 8.77. The van der Waals surface area contributed by atoms with Crippen molar-refractivity contribution in [1.82, 2.24) is 19.7 Å². The zero-order valence-corrected chi connectivity index (χ0v) is 15.5. The summed E-state index contributed by atoms with van der Waals surface area (Å²) in [5.74, 6) is 0.0681. The third-order valence-corrected chi connectivity index (χ3v) is 4.44. The lowest BCUT2D eigenvalue weighted by Crippen LogP contribution is -2.26. The van der Waals surface area contributed by atoms with Crippen molar-refractivity contribution in [2.75, 3.05) is 7.11 Å². The molecule has 144 valence electrons. The molecule has 0 aliphatic heterocycles. The Hall–Kier alpha value is -4.07. The lowest BCUT2D eigenvalue weighted by atomic mass is 10.1. The predicted molar refractivity (Wildman–Crippen MR) is 106 cm³/mol. The number of aldehydes is 1. The minimum atomic E-state index is -0.465. The topological polar surface area (TPSA) is 103 Å². The number of fused-ring (bicyclic) bond motifs is 2. The van der Waals surface area contributed by atoms with Gasteiger partial charge in [-0.05, 0) is 35.9 Å². The minimum absolute atomic E-state index is 0.0406. The molecule has 0 unspecified atom stereocenters. The largest absolute Gasteiger partial charge is 0.494 e. The van der Waals surface area contributed by atoms with Crippen molar-refractivity contribution < 1.29 is 14.3 Å². The van der Waals surface area contributed by atoms with Gasteiger partial charge in [-0.1, -0.05) is 6.07 Å². The van der Waals surface area contributed by atoms with Crippen molar-refractivity contribution in [3.8, 4) is 5.75 Å². The van der Waals surface area contributed by atoms with Crippen LogP contribution in [0.5, 0.6) is 5.75 Å². The molecule has 8 heteroatoms. The molecule has 4 rings (SSSR count). The van der Waals surface area contributed by atoms with Gasteiger partial charge in [0.15, 0.2) is 6.29 Å². The maximum Gasteiger partial charge on any atom is 0.270 e. The van der Waals surface area contributed by atoms with Gasteiger partial charge in [0.25, 0.3) is 11.5 Å². The van der Waals surface area contributed by atoms with Gasteiger partial charge < -0.3 is 10.1 Å². The number of aromatic nitrogens is 3. The van der Waals surface area contributed by atoms with Crippen LogP contribution in [0.3, 0.4) is 0 Å². The van der Waals surface area contributed by atoms with Gasteiger partial charge in [0.1, 0.15) is 22.6 Å². The molecule has 0 radical (unpaired) electrons. The Balaban J connectivity index is 1.61. The number of methoxy groups -OCH3 is 1. The van der Waals surface area contributed by atoms with Crippen molar-refractivity contribution in [1.29, 1.82) is 0 Å². The fourth-order valence-electron chi connectivity index (χ4n) is 3.06. The van der Waals surface area contributed by atoms with Gasteiger partial charge in [0, 0.05) is 36.0 Å². The quantitative estimate of drug-likeness (QED) is 0.525. The Morgan fingerprint density at radius 3 is 2.90 bits per heavy atom. The van der Waals surface area contributed by atoms with E-state index in [4.69, 9.17) is 4.74 Å². The number of hydrogen-bond donors (Lipinski definition) is 1. The molecule has 0 saturated heterocycles. The maximum atomic E-state index is 12.5. The predicted octanol–water partition coefficient (Wildman–Crippen LogP) is 1.99. The number of pyridine rings is 2. The summed E-state index contributed by atoms with van der Waals surface area (Å²) >= 11 is 0. The molecule has 1 aromatic carbocycles. The van der Waals surface area contributed by atoms with Crippen LogP contribution >= 0.6 is 0 Å². The highest BCUT2D eigenvalue weighted by Gasteiger charge is 2.12. The number of hydrogen-bond acceptors (Lipinski definition) is 6. The SMILES string of the molecule is COc1cc(CNC(=O)c2cc(=O)n3ccccc3n2)cc2cc(C=O)cnc12. The number of carbonyl (C=O) groups is 2. The van der Waals surface area contributed by atoms with E-state index in [1.54, 1.807) is 36.5 Å². The lowest BCUT2D eigenvalue weighted by Gasteiger charge is -2.10. The highest BCUT2D eigenvalue weighted by Crippen LogP contribution is 2.26. The Labute approximate surface area is 164 Å². The van der Waals surface area contributed by atoms with Crippen LogP contribution in [-0.2, 0) is 6.54 Å². The van der Waals surface area contributed by atoms with Gasteiger partial charge in [-0.2, -0.15) is 0 Å². The second-order valence-electron chi connectivity index (χ2n) is 6.35. The van der Waals surface area contributed by atoms with Crippen molar-refractivity contribution in [2.45, 2.75) is 6.54 Å². The van der Waals surface area contributed by atoms with Gasteiger partial charge >= 0.3 is 0 Å². The van der Waals surface area contributed by atoms with Crippen LogP contribution in [0.4, 0.5) is 0 Å². The summed E-state index contributed by atoms with van der Waals surface area (Å²) in [7, 11) is 1.53. The first-order chi connectivity index (χ1) is 14.1. The molecule has 0 atom stereocenters. The normalized spacial score (nSPS) is 10.8. The van der Waals surface area contributed by atoms with Crippen molar-refractivity contribution in [3.05, 3.63) is 82.0 Å². The average molecular weight is 388 g/mol. The van der Waals surface area contributed by atoms with Crippen LogP contribution in [0.25, 0.3) is 16.6 Å². The molecular weight excluding hydrogens is 372 g/mol. The molecule has 0 spiro atoms. The monoisotopic (exact) mass is 388 g/mol. The van der Waals surface area contributed by atoms with Crippen molar-refractivity contribution >= 4 is 28.7 Å². The molecule has 29 heavy (non-hydrogen) atoms. The molecule has 0 bridgehead atoms. The van der Waals surface area contributed by atoms with E-state index < -0.39 is 5.91 Å². The summed E-state index contributed by atoms with van der Waals surface area (Å²) < 4.78 is 6.74. The number of carbonyl (C=O) groups excluding carboxylic acids is 2. The van der Waals surface area contributed by atoms with Crippen LogP contribution in [0.1, 0.15) is 26.4 Å². The summed E-state index contributed by atoms with van der Waals surface area (Å²) in [6, 6.07) is 11.6. The summed E-state index contributed by atoms with van der Waals surface area (Å²) in [4.78, 5) is 44.2. The molecule has 4 aromatic rings. The Kier molecular flexibility index (Phi) is 4.74. The summed E-state index contributed by atoms with van der Waals surface area (Å²) in [6.45, 7) is 0.187. The number of amides is 1. The van der Waals surface area contributed by atoms with Gasteiger partial charge in [-0.15, -0.1) is 0 Å². The molecule has 1 amide bonds. The molecule has 0 aliphatic carbocycles. The molecule has 0 fully saturated rings. The second kappa shape index (κ2) is 7.51. The second-order valence-corrected chi connectivity index (χ2v) is 6.35. The van der Waals surface area contributed by atoms with E-state index in [-0.39, 0.29) is 17.8 Å². The summed E-state index contributed by atoms with van der Waals surface area (Å²) in [6.07, 6.45) is 3.79. The fourth-order valence-corrected chi connectivity index (χ4v) is 3.06. The molecule has 0 aliphatic rings. The number of nitrogens with zero attached hydrogens (tertiary/aromatic N) is 3. The van der Waals surface area contributed by atoms with Crippen LogP contribution in [-0.4, -0.2) is 33.7 Å². The number of nitrogens with one attached hydrogen (secondary N) is 1. The first-order valence-electron chi connectivity index (χ1n) is 8.77. The fraction of sp³-hybridized carbons (Fsp3) is 0.0952. The Morgan fingerprint density at radius 2 is 2.10 bits per heavy atom. The standard InChI is InChI=1S/C21H16N4O4/c1-29-17-8-13(6-15-7-14(12-26)11-22-20(15)17)10-23-21(28)16-9-19(27)25-5-3-2-4-18(25)24-16/h2-9,11-12H,10H2,1H3,(H,23,28). The molecule has 0 saturated carbocycles. The van der Waals surface area contributed by atoms with Crippen LogP contribution in [0.2, 0.25) is 0 Å². The summed E-state index contributed by atoms with van der Waals surface area (Å²) in [5, 5.41) is 3.48. The molecule has 3 aromatic heterocycles. The highest BCUT2D eigenvalue weighted by atomic mass is 16.5. The average Bonchev–Trinajstić information content (AvgIpc) is 2.76. The van der Waals surface area contributed by atoms with Crippen molar-refractivity contribution in [2.24, 2.45) is 0 Å². The van der Waals surface area contributed by atoms with E-state index in [0.29, 0.717) is 22.5 Å². The van der Waals surface area contributed by atoms with Gasteiger partial charge in [-0.3, -0.25) is 23.8 Å². The van der Waals surface area contributed by atoms with Gasteiger partial charge in [0.05, 0.1) is 7.11 Å². The Morgan fingerprint density at radius 1 is 1.24 bits per heavy atom. The third-order valence-electron chi connectivity index (χ3n) is 4.44. The van der Waals surface area contributed by atoms with E-state index in [1.165, 1.54) is 23.8 Å². The van der Waals surface area contributed by atoms with E-state index in [1.807, 2.05) is 6.07 Å². The number of benzene rings is 1. The number of ether oxygens (including phenoxy) is 1. The molecular formula is C21H16N4O4. The summed E-state index contributed by atoms with van der Waals surface area (Å²) in [5.41, 5.74) is 1.92. The van der Waals surface area contributed by atoms with E-state index in [2.05, 4.69) is 15.3 Å². The zero-order valence-electron chi connectivity index (χ0n) is 15.5. The van der Waals surface area contributed by atoms with Crippen LogP contribution < -0.4 is 15.6 Å². The number of rotatable bonds is 5. The van der Waals surface area contributed by atoms with Crippen molar-refractivity contribution in [3.63, 3.8) is 0 Å². The van der Waals surface area contributed by atoms with Crippen LogP contribution in [0, 0.1) is 0 Å². The van der Waals surface area contributed by atoms with Gasteiger partial charge in [-0.25, -0.2) is 4.98 Å². The van der Waals surface area contributed by atoms with Gasteiger partial charge in [0.2, 0.25) is 0 Å². The van der Waals surface area contributed by atoms with Crippen LogP contribution in [0.15, 0.2) is 59.7 Å². The zero-order chi connectivity index (χ0) is 20.4.